The molecule has 0 aromatic heterocycles. The Morgan fingerprint density at radius 2 is 1.43 bits per heavy atom. The van der Waals surface area contributed by atoms with Crippen molar-refractivity contribution in [2.45, 2.75) is 71.9 Å². The number of amides is 2. The normalized spacial score (nSPS) is 14.3. The highest BCUT2D eigenvalue weighted by Crippen LogP contribution is 2.28. The van der Waals surface area contributed by atoms with Crippen molar-refractivity contribution >= 4 is 27.6 Å². The van der Waals surface area contributed by atoms with Crippen LogP contribution >= 0.6 is 15.9 Å². The summed E-state index contributed by atoms with van der Waals surface area (Å²) in [5.41, 5.74) is 5.45. The molecule has 1 aliphatic carbocycles. The van der Waals surface area contributed by atoms with Crippen LogP contribution in [0.25, 0.3) is 0 Å². The molecule has 3 aromatic rings. The average molecular weight is 536 g/mol. The van der Waals surface area contributed by atoms with Crippen LogP contribution in [0.5, 0.6) is 11.5 Å². The number of carbonyl (C=O) groups is 1. The quantitative estimate of drug-likeness (QED) is 0.320. The van der Waals surface area contributed by atoms with Crippen molar-refractivity contribution in [3.05, 3.63) is 87.4 Å². The molecule has 5 heteroatoms. The first-order valence-electron chi connectivity index (χ1n) is 12.6. The van der Waals surface area contributed by atoms with Crippen LogP contribution in [0.2, 0.25) is 0 Å². The van der Waals surface area contributed by atoms with E-state index in [1.807, 2.05) is 36.4 Å². The molecule has 0 aliphatic heterocycles. The Morgan fingerprint density at radius 1 is 0.886 bits per heavy atom. The third-order valence-corrected chi connectivity index (χ3v) is 7.29. The van der Waals surface area contributed by atoms with Gasteiger partial charge in [-0.15, -0.1) is 0 Å². The molecule has 35 heavy (non-hydrogen) atoms. The van der Waals surface area contributed by atoms with E-state index in [1.165, 1.54) is 31.2 Å². The van der Waals surface area contributed by atoms with Gasteiger partial charge in [-0.3, -0.25) is 0 Å². The molecule has 1 aliphatic rings. The van der Waals surface area contributed by atoms with Gasteiger partial charge in [0.15, 0.2) is 0 Å². The summed E-state index contributed by atoms with van der Waals surface area (Å²) in [6.45, 7) is 6.80. The molecule has 1 saturated carbocycles. The summed E-state index contributed by atoms with van der Waals surface area (Å²) in [4.78, 5) is 15.7. The van der Waals surface area contributed by atoms with Crippen molar-refractivity contribution < 1.29 is 9.53 Å². The molecule has 0 heterocycles. The van der Waals surface area contributed by atoms with Crippen LogP contribution in [0.3, 0.4) is 0 Å². The lowest BCUT2D eigenvalue weighted by Crippen LogP contribution is -2.42. The second-order valence-electron chi connectivity index (χ2n) is 9.68. The van der Waals surface area contributed by atoms with Gasteiger partial charge in [0, 0.05) is 22.7 Å². The molecule has 0 bridgehead atoms. The van der Waals surface area contributed by atoms with Crippen molar-refractivity contribution in [3.8, 4) is 11.5 Å². The second-order valence-corrected chi connectivity index (χ2v) is 10.6. The summed E-state index contributed by atoms with van der Waals surface area (Å²) in [6, 6.07) is 20.4. The van der Waals surface area contributed by atoms with E-state index in [-0.39, 0.29) is 12.1 Å². The second kappa shape index (κ2) is 11.8. The zero-order valence-corrected chi connectivity index (χ0v) is 22.5. The minimum absolute atomic E-state index is 0.0119. The molecular formula is C30H35BrN2O2. The van der Waals surface area contributed by atoms with Crippen molar-refractivity contribution in [2.75, 3.05) is 5.32 Å². The molecule has 4 rings (SSSR count). The van der Waals surface area contributed by atoms with Gasteiger partial charge in [0.1, 0.15) is 11.5 Å². The molecule has 1 fully saturated rings. The fourth-order valence-electron chi connectivity index (χ4n) is 4.99. The maximum absolute atomic E-state index is 13.6. The van der Waals surface area contributed by atoms with E-state index in [2.05, 4.69) is 71.2 Å². The molecule has 0 radical (unpaired) electrons. The summed E-state index contributed by atoms with van der Waals surface area (Å²) < 4.78 is 7.00. The van der Waals surface area contributed by atoms with Gasteiger partial charge in [0.25, 0.3) is 0 Å². The van der Waals surface area contributed by atoms with Gasteiger partial charge < -0.3 is 15.0 Å². The summed E-state index contributed by atoms with van der Waals surface area (Å²) in [5.74, 6) is 1.58. The minimum Gasteiger partial charge on any atom is -0.457 e. The Balaban J connectivity index is 1.51. The standard InChI is InChI=1S/C30H35BrN2O2/c1-21-18-22(2)29(23(3)19-21)32-30(34)33(26-8-6-4-5-7-9-26)20-24-10-14-27(15-11-24)35-28-16-12-25(31)13-17-28/h10-19,26H,4-9,20H2,1-3H3,(H,32,34). The highest BCUT2D eigenvalue weighted by atomic mass is 79.9. The van der Waals surface area contributed by atoms with Crippen LogP contribution in [0.15, 0.2) is 65.1 Å². The smallest absolute Gasteiger partial charge is 0.322 e. The minimum atomic E-state index is -0.0119. The zero-order chi connectivity index (χ0) is 24.8. The Bertz CT molecular complexity index is 1110. The van der Waals surface area contributed by atoms with E-state index in [4.69, 9.17) is 4.74 Å². The molecular weight excluding hydrogens is 500 g/mol. The molecule has 0 unspecified atom stereocenters. The number of ether oxygens (including phenoxy) is 1. The predicted octanol–water partition coefficient (Wildman–Crippen LogP) is 8.92. The average Bonchev–Trinajstić information content (AvgIpc) is 3.11. The van der Waals surface area contributed by atoms with Crippen molar-refractivity contribution in [1.29, 1.82) is 0 Å². The lowest BCUT2D eigenvalue weighted by Gasteiger charge is -2.32. The van der Waals surface area contributed by atoms with Gasteiger partial charge in [0.2, 0.25) is 0 Å². The van der Waals surface area contributed by atoms with Crippen molar-refractivity contribution in [1.82, 2.24) is 4.90 Å². The van der Waals surface area contributed by atoms with E-state index < -0.39 is 0 Å². The molecule has 0 spiro atoms. The van der Waals surface area contributed by atoms with Crippen LogP contribution in [0.4, 0.5) is 10.5 Å². The van der Waals surface area contributed by atoms with Crippen LogP contribution in [-0.2, 0) is 6.54 Å². The number of anilines is 1. The Kier molecular flexibility index (Phi) is 8.50. The van der Waals surface area contributed by atoms with Gasteiger partial charge >= 0.3 is 6.03 Å². The maximum Gasteiger partial charge on any atom is 0.322 e. The largest absolute Gasteiger partial charge is 0.457 e. The van der Waals surface area contributed by atoms with E-state index in [0.29, 0.717) is 6.54 Å². The Morgan fingerprint density at radius 3 is 2.00 bits per heavy atom. The number of carbonyl (C=O) groups excluding carboxylic acids is 1. The number of nitrogens with zero attached hydrogens (tertiary/aromatic N) is 1. The Hall–Kier alpha value is -2.79. The lowest BCUT2D eigenvalue weighted by atomic mass is 10.0. The van der Waals surface area contributed by atoms with Crippen molar-refractivity contribution in [2.24, 2.45) is 0 Å². The van der Waals surface area contributed by atoms with Crippen LogP contribution in [-0.4, -0.2) is 17.0 Å². The van der Waals surface area contributed by atoms with E-state index in [1.54, 1.807) is 0 Å². The van der Waals surface area contributed by atoms with Crippen LogP contribution in [0, 0.1) is 20.8 Å². The number of halogens is 1. The number of hydrogen-bond donors (Lipinski definition) is 1. The van der Waals surface area contributed by atoms with Gasteiger partial charge in [0.05, 0.1) is 0 Å². The summed E-state index contributed by atoms with van der Waals surface area (Å²) in [6.07, 6.45) is 6.98. The summed E-state index contributed by atoms with van der Waals surface area (Å²) in [7, 11) is 0. The van der Waals surface area contributed by atoms with E-state index in [0.717, 1.165) is 51.2 Å². The third kappa shape index (κ3) is 6.88. The number of hydrogen-bond acceptors (Lipinski definition) is 2. The first-order chi connectivity index (χ1) is 16.9. The number of aryl methyl sites for hydroxylation is 3. The number of benzene rings is 3. The molecule has 0 atom stereocenters. The highest BCUT2D eigenvalue weighted by Gasteiger charge is 2.25. The fourth-order valence-corrected chi connectivity index (χ4v) is 5.25. The number of urea groups is 1. The zero-order valence-electron chi connectivity index (χ0n) is 20.9. The first kappa shape index (κ1) is 25.3. The van der Waals surface area contributed by atoms with E-state index >= 15 is 0 Å². The Labute approximate surface area is 217 Å². The number of nitrogens with one attached hydrogen (secondary N) is 1. The van der Waals surface area contributed by atoms with Crippen molar-refractivity contribution in [3.63, 3.8) is 0 Å². The molecule has 1 N–H and O–H groups in total. The monoisotopic (exact) mass is 534 g/mol. The maximum atomic E-state index is 13.6. The highest BCUT2D eigenvalue weighted by molar-refractivity contribution is 9.10. The first-order valence-corrected chi connectivity index (χ1v) is 13.4. The summed E-state index contributed by atoms with van der Waals surface area (Å²) in [5, 5.41) is 3.25. The molecule has 0 saturated heterocycles. The van der Waals surface area contributed by atoms with Crippen LogP contribution in [0.1, 0.15) is 60.8 Å². The van der Waals surface area contributed by atoms with Gasteiger partial charge in [-0.2, -0.15) is 0 Å². The molecule has 3 aromatic carbocycles. The van der Waals surface area contributed by atoms with E-state index in [9.17, 15) is 4.79 Å². The van der Waals surface area contributed by atoms with Gasteiger partial charge in [-0.25, -0.2) is 4.79 Å². The lowest BCUT2D eigenvalue weighted by molar-refractivity contribution is 0.175. The summed E-state index contributed by atoms with van der Waals surface area (Å²) >= 11 is 3.45. The van der Waals surface area contributed by atoms with Gasteiger partial charge in [-0.05, 0) is 86.7 Å². The molecule has 2 amide bonds. The SMILES string of the molecule is Cc1cc(C)c(NC(=O)N(Cc2ccc(Oc3ccc(Br)cc3)cc2)C2CCCCCC2)c(C)c1. The predicted molar refractivity (Wildman–Crippen MR) is 147 cm³/mol. The third-order valence-electron chi connectivity index (χ3n) is 6.76. The van der Waals surface area contributed by atoms with Gasteiger partial charge in [-0.1, -0.05) is 71.4 Å². The number of rotatable bonds is 6. The molecule has 4 nitrogen and oxygen atoms in total. The topological polar surface area (TPSA) is 41.6 Å². The molecule has 184 valence electrons. The van der Waals surface area contributed by atoms with Crippen LogP contribution < -0.4 is 10.1 Å². The fraction of sp³-hybridized carbons (Fsp3) is 0.367.